The number of hydrogen-bond acceptors (Lipinski definition) is 10. The van der Waals surface area contributed by atoms with Crippen LogP contribution in [-0.2, 0) is 17.8 Å². The largest absolute Gasteiger partial charge is 0.507 e. The van der Waals surface area contributed by atoms with Gasteiger partial charge in [-0.2, -0.15) is 0 Å². The summed E-state index contributed by atoms with van der Waals surface area (Å²) in [5, 5.41) is 40.9. The molecule has 2 aromatic heterocycles. The summed E-state index contributed by atoms with van der Waals surface area (Å²) < 4.78 is 11.6. The van der Waals surface area contributed by atoms with Gasteiger partial charge in [-0.25, -0.2) is 0 Å². The Labute approximate surface area is 269 Å². The van der Waals surface area contributed by atoms with Crippen LogP contribution in [0.1, 0.15) is 45.3 Å². The molecule has 3 aliphatic rings. The number of carbonyl (C=O) groups excluding carboxylic acids is 2. The van der Waals surface area contributed by atoms with Crippen LogP contribution in [0.15, 0.2) is 89.2 Å². The van der Waals surface area contributed by atoms with E-state index >= 15 is 0 Å². The standard InChI is InChI=1S/C37H31N3O7/c1-40(2)30-26-16-24-14-23-13-21-11-10-20(22-9-6-12-38-17-22)15-25(21)31(41)27(23)32(42)28(24)34(43)37(26,45)35(44)29-33(30)47-39-36(29)46-18-19-7-4-3-5-8-19/h3-13,15,17,24,26,30,41-42,45H,14,16,18H2,1-2H3/t24-,26-,30-,37-/m0/s1. The Morgan fingerprint density at radius 3 is 2.53 bits per heavy atom. The monoisotopic (exact) mass is 629 g/mol. The smallest absolute Gasteiger partial charge is 0.265 e. The fourth-order valence-electron chi connectivity index (χ4n) is 7.73. The van der Waals surface area contributed by atoms with Gasteiger partial charge < -0.3 is 24.6 Å². The van der Waals surface area contributed by atoms with Crippen molar-refractivity contribution in [2.75, 3.05) is 14.1 Å². The molecule has 1 saturated carbocycles. The third-order valence-corrected chi connectivity index (χ3v) is 9.91. The van der Waals surface area contributed by atoms with E-state index in [0.29, 0.717) is 17.4 Å². The minimum absolute atomic E-state index is 0.0631. The predicted molar refractivity (Wildman–Crippen MR) is 172 cm³/mol. The summed E-state index contributed by atoms with van der Waals surface area (Å²) in [4.78, 5) is 34.7. The number of ether oxygens (including phenoxy) is 1. The summed E-state index contributed by atoms with van der Waals surface area (Å²) in [6.07, 6.45) is 3.93. The van der Waals surface area contributed by atoms with Crippen molar-refractivity contribution < 1.29 is 34.2 Å². The Morgan fingerprint density at radius 1 is 0.979 bits per heavy atom. The van der Waals surface area contributed by atoms with Crippen LogP contribution in [0.4, 0.5) is 0 Å². The summed E-state index contributed by atoms with van der Waals surface area (Å²) in [5.74, 6) is -3.64. The molecule has 10 nitrogen and oxygen atoms in total. The van der Waals surface area contributed by atoms with Gasteiger partial charge in [-0.05, 0) is 72.2 Å². The van der Waals surface area contributed by atoms with Crippen LogP contribution in [0.2, 0.25) is 0 Å². The van der Waals surface area contributed by atoms with E-state index in [1.807, 2.05) is 66.7 Å². The number of nitrogens with zero attached hydrogens (tertiary/aromatic N) is 3. The van der Waals surface area contributed by atoms with Crippen molar-refractivity contribution in [2.24, 2.45) is 11.8 Å². The summed E-state index contributed by atoms with van der Waals surface area (Å²) in [6.45, 7) is 0.0933. The Kier molecular flexibility index (Phi) is 6.57. The number of fused-ring (bicyclic) bond motifs is 5. The van der Waals surface area contributed by atoms with Crippen LogP contribution in [0, 0.1) is 11.8 Å². The lowest BCUT2D eigenvalue weighted by atomic mass is 9.57. The Morgan fingerprint density at radius 2 is 1.79 bits per heavy atom. The first-order chi connectivity index (χ1) is 22.7. The first-order valence-electron chi connectivity index (χ1n) is 15.5. The maximum absolute atomic E-state index is 14.5. The summed E-state index contributed by atoms with van der Waals surface area (Å²) in [6, 6.07) is 19.9. The van der Waals surface area contributed by atoms with Crippen LogP contribution in [0.5, 0.6) is 11.6 Å². The molecule has 0 aliphatic heterocycles. The van der Waals surface area contributed by atoms with E-state index in [2.05, 4.69) is 10.1 Å². The SMILES string of the molecule is CN(C)[C@@H]1c2onc(OCc3ccccc3)c2C(=O)[C@@]2(O)C(=O)C3=C(O)c4c(cc5ccc(-c6cccnc6)cc5c4O)C[C@H]3C[C@@H]12. The third-order valence-electron chi connectivity index (χ3n) is 9.91. The third kappa shape index (κ3) is 4.25. The minimum atomic E-state index is -2.52. The number of phenolic OH excluding ortho intramolecular Hbond substituents is 1. The Hall–Kier alpha value is -5.32. The second-order valence-corrected chi connectivity index (χ2v) is 12.8. The second-order valence-electron chi connectivity index (χ2n) is 12.8. The van der Waals surface area contributed by atoms with Crippen molar-refractivity contribution in [3.05, 3.63) is 113 Å². The molecule has 0 saturated heterocycles. The van der Waals surface area contributed by atoms with E-state index in [0.717, 1.165) is 22.1 Å². The molecule has 1 fully saturated rings. The molecule has 5 aromatic rings. The van der Waals surface area contributed by atoms with Crippen molar-refractivity contribution in [1.82, 2.24) is 15.0 Å². The van der Waals surface area contributed by atoms with Gasteiger partial charge in [-0.3, -0.25) is 19.5 Å². The Bertz CT molecular complexity index is 2120. The van der Waals surface area contributed by atoms with Gasteiger partial charge in [0.15, 0.2) is 11.4 Å². The molecule has 3 aliphatic carbocycles. The van der Waals surface area contributed by atoms with E-state index in [4.69, 9.17) is 9.26 Å². The molecule has 0 radical (unpaired) electrons. The second kappa shape index (κ2) is 10.6. The van der Waals surface area contributed by atoms with Gasteiger partial charge in [-0.15, -0.1) is 0 Å². The summed E-state index contributed by atoms with van der Waals surface area (Å²) in [7, 11) is 3.57. The molecule has 4 atom stereocenters. The number of aromatic hydroxyl groups is 1. The normalized spacial score (nSPS) is 23.4. The molecular formula is C37H31N3O7. The highest BCUT2D eigenvalue weighted by Crippen LogP contribution is 2.56. The highest BCUT2D eigenvalue weighted by atomic mass is 16.5. The van der Waals surface area contributed by atoms with E-state index < -0.39 is 40.8 Å². The number of aliphatic hydroxyl groups is 2. The maximum Gasteiger partial charge on any atom is 0.265 e. The first kappa shape index (κ1) is 29.1. The van der Waals surface area contributed by atoms with Crippen molar-refractivity contribution in [2.45, 2.75) is 31.1 Å². The predicted octanol–water partition coefficient (Wildman–Crippen LogP) is 5.44. The number of pyridine rings is 1. The fourth-order valence-corrected chi connectivity index (χ4v) is 7.73. The quantitative estimate of drug-likeness (QED) is 0.215. The van der Waals surface area contributed by atoms with Gasteiger partial charge in [0.1, 0.15) is 23.7 Å². The van der Waals surface area contributed by atoms with Gasteiger partial charge in [0.2, 0.25) is 11.6 Å². The molecular weight excluding hydrogens is 598 g/mol. The lowest BCUT2D eigenvalue weighted by molar-refractivity contribution is -0.142. The molecule has 47 heavy (non-hydrogen) atoms. The highest BCUT2D eigenvalue weighted by Gasteiger charge is 2.65. The molecule has 0 spiro atoms. The molecule has 236 valence electrons. The van der Waals surface area contributed by atoms with E-state index in [-0.39, 0.29) is 47.1 Å². The van der Waals surface area contributed by atoms with Crippen molar-refractivity contribution in [1.29, 1.82) is 0 Å². The van der Waals surface area contributed by atoms with E-state index in [1.165, 1.54) is 0 Å². The van der Waals surface area contributed by atoms with Gasteiger partial charge in [-0.1, -0.05) is 54.6 Å². The van der Waals surface area contributed by atoms with Crippen LogP contribution >= 0.6 is 0 Å². The zero-order chi connectivity index (χ0) is 32.6. The molecule has 0 amide bonds. The van der Waals surface area contributed by atoms with Crippen molar-refractivity contribution in [3.63, 3.8) is 0 Å². The lowest BCUT2D eigenvalue weighted by Gasteiger charge is -2.49. The number of Topliss-reactive ketones (excluding diaryl/α,β-unsaturated/α-hetero) is 2. The van der Waals surface area contributed by atoms with Crippen LogP contribution in [0.25, 0.3) is 27.7 Å². The van der Waals surface area contributed by atoms with Gasteiger partial charge in [0.25, 0.3) is 5.88 Å². The van der Waals surface area contributed by atoms with Crippen molar-refractivity contribution in [3.8, 4) is 22.8 Å². The van der Waals surface area contributed by atoms with E-state index in [9.17, 15) is 24.9 Å². The maximum atomic E-state index is 14.5. The minimum Gasteiger partial charge on any atom is -0.507 e. The molecule has 3 N–H and O–H groups in total. The average molecular weight is 630 g/mol. The molecule has 8 rings (SSSR count). The van der Waals surface area contributed by atoms with Gasteiger partial charge in [0, 0.05) is 34.8 Å². The fraction of sp³-hybridized carbons (Fsp3) is 0.243. The van der Waals surface area contributed by atoms with E-state index in [1.54, 1.807) is 31.4 Å². The molecule has 0 unspecified atom stereocenters. The van der Waals surface area contributed by atoms with Crippen molar-refractivity contribution >= 4 is 28.1 Å². The number of hydrogen-bond donors (Lipinski definition) is 3. The number of carbonyl (C=O) groups is 2. The number of benzene rings is 3. The van der Waals surface area contributed by atoms with Crippen LogP contribution < -0.4 is 4.74 Å². The topological polar surface area (TPSA) is 146 Å². The van der Waals surface area contributed by atoms with Crippen LogP contribution in [-0.4, -0.2) is 61.6 Å². The number of phenols is 1. The highest BCUT2D eigenvalue weighted by molar-refractivity contribution is 6.26. The number of rotatable bonds is 5. The number of aliphatic hydroxyl groups excluding tert-OH is 1. The zero-order valence-electron chi connectivity index (χ0n) is 25.7. The molecule has 0 bridgehead atoms. The average Bonchev–Trinajstić information content (AvgIpc) is 3.49. The Balaban J connectivity index is 1.23. The van der Waals surface area contributed by atoms with Crippen LogP contribution in [0.3, 0.4) is 0 Å². The van der Waals surface area contributed by atoms with Gasteiger partial charge in [0.05, 0.1) is 11.6 Å². The summed E-state index contributed by atoms with van der Waals surface area (Å²) >= 11 is 0. The number of aromatic nitrogens is 2. The molecule has 10 heteroatoms. The molecule has 3 aromatic carbocycles. The first-order valence-corrected chi connectivity index (χ1v) is 15.5. The zero-order valence-corrected chi connectivity index (χ0v) is 25.7. The summed E-state index contributed by atoms with van der Waals surface area (Å²) in [5.41, 5.74) is 0.656. The number of ketones is 2. The molecule has 2 heterocycles. The lowest BCUT2D eigenvalue weighted by Crippen LogP contribution is -2.63. The van der Waals surface area contributed by atoms with Gasteiger partial charge >= 0.3 is 0 Å².